The molecule has 2 aromatic rings. The van der Waals surface area contributed by atoms with Gasteiger partial charge in [-0.3, -0.25) is 14.3 Å². The SMILES string of the molecule is CNc1cc(C)nc(Cn2cc(C)c(=O)[nH]c2=O)n1. The number of aryl methyl sites for hydroxylation is 2. The fraction of sp³-hybridized carbons (Fsp3) is 0.333. The Hall–Kier alpha value is -2.44. The van der Waals surface area contributed by atoms with Gasteiger partial charge in [0.25, 0.3) is 5.56 Å². The van der Waals surface area contributed by atoms with Crippen LogP contribution < -0.4 is 16.6 Å². The van der Waals surface area contributed by atoms with Crippen molar-refractivity contribution in [2.75, 3.05) is 12.4 Å². The van der Waals surface area contributed by atoms with Crippen molar-refractivity contribution in [3.8, 4) is 0 Å². The highest BCUT2D eigenvalue weighted by Gasteiger charge is 2.05. The first-order valence-electron chi connectivity index (χ1n) is 5.82. The van der Waals surface area contributed by atoms with Crippen molar-refractivity contribution in [2.24, 2.45) is 0 Å². The summed E-state index contributed by atoms with van der Waals surface area (Å²) in [5, 5.41) is 2.93. The number of nitrogens with zero attached hydrogens (tertiary/aromatic N) is 3. The van der Waals surface area contributed by atoms with Crippen molar-refractivity contribution in [1.29, 1.82) is 0 Å². The molecule has 0 saturated heterocycles. The molecular formula is C12H15N5O2. The monoisotopic (exact) mass is 261 g/mol. The Bertz CT molecular complexity index is 717. The molecule has 7 heteroatoms. The smallest absolute Gasteiger partial charge is 0.328 e. The lowest BCUT2D eigenvalue weighted by atomic mass is 10.3. The molecule has 0 spiro atoms. The Morgan fingerprint density at radius 3 is 2.74 bits per heavy atom. The van der Waals surface area contributed by atoms with Gasteiger partial charge in [0, 0.05) is 30.6 Å². The fourth-order valence-corrected chi connectivity index (χ4v) is 1.72. The minimum Gasteiger partial charge on any atom is -0.373 e. The van der Waals surface area contributed by atoms with Crippen LogP contribution in [0.25, 0.3) is 0 Å². The summed E-state index contributed by atoms with van der Waals surface area (Å²) in [7, 11) is 1.77. The maximum Gasteiger partial charge on any atom is 0.328 e. The summed E-state index contributed by atoms with van der Waals surface area (Å²) in [4.78, 5) is 33.7. The molecule has 100 valence electrons. The van der Waals surface area contributed by atoms with Crippen molar-refractivity contribution in [3.63, 3.8) is 0 Å². The molecule has 19 heavy (non-hydrogen) atoms. The van der Waals surface area contributed by atoms with E-state index in [1.807, 2.05) is 13.0 Å². The van der Waals surface area contributed by atoms with E-state index in [-0.39, 0.29) is 12.1 Å². The van der Waals surface area contributed by atoms with Crippen LogP contribution >= 0.6 is 0 Å². The zero-order valence-electron chi connectivity index (χ0n) is 11.0. The highest BCUT2D eigenvalue weighted by molar-refractivity contribution is 5.34. The number of nitrogens with one attached hydrogen (secondary N) is 2. The van der Waals surface area contributed by atoms with Crippen LogP contribution in [0.15, 0.2) is 21.9 Å². The summed E-state index contributed by atoms with van der Waals surface area (Å²) >= 11 is 0. The number of H-pyrrole nitrogens is 1. The molecule has 0 aliphatic heterocycles. The van der Waals surface area contributed by atoms with Gasteiger partial charge in [-0.25, -0.2) is 14.8 Å². The van der Waals surface area contributed by atoms with Crippen LogP contribution in [0.5, 0.6) is 0 Å². The summed E-state index contributed by atoms with van der Waals surface area (Å²) in [6.45, 7) is 3.71. The van der Waals surface area contributed by atoms with Gasteiger partial charge >= 0.3 is 5.69 Å². The molecule has 2 heterocycles. The lowest BCUT2D eigenvalue weighted by Crippen LogP contribution is -2.31. The second-order valence-electron chi connectivity index (χ2n) is 4.26. The Kier molecular flexibility index (Phi) is 3.46. The Morgan fingerprint density at radius 1 is 1.32 bits per heavy atom. The minimum absolute atomic E-state index is 0.215. The topological polar surface area (TPSA) is 92.7 Å². The summed E-state index contributed by atoms with van der Waals surface area (Å²) in [5.74, 6) is 1.20. The van der Waals surface area contributed by atoms with E-state index in [1.165, 1.54) is 10.8 Å². The molecule has 2 N–H and O–H groups in total. The second-order valence-corrected chi connectivity index (χ2v) is 4.26. The number of anilines is 1. The number of hydrogen-bond donors (Lipinski definition) is 2. The summed E-state index contributed by atoms with van der Waals surface area (Å²) < 4.78 is 1.38. The summed E-state index contributed by atoms with van der Waals surface area (Å²) in [6.07, 6.45) is 1.51. The van der Waals surface area contributed by atoms with Crippen LogP contribution in [0, 0.1) is 13.8 Å². The Morgan fingerprint density at radius 2 is 2.05 bits per heavy atom. The van der Waals surface area contributed by atoms with E-state index in [1.54, 1.807) is 14.0 Å². The van der Waals surface area contributed by atoms with Crippen molar-refractivity contribution in [2.45, 2.75) is 20.4 Å². The van der Waals surface area contributed by atoms with Gasteiger partial charge in [0.05, 0.1) is 6.54 Å². The Labute approximate surface area is 109 Å². The average molecular weight is 261 g/mol. The van der Waals surface area contributed by atoms with Crippen molar-refractivity contribution in [1.82, 2.24) is 19.5 Å². The van der Waals surface area contributed by atoms with Crippen LogP contribution in [0.1, 0.15) is 17.1 Å². The van der Waals surface area contributed by atoms with Gasteiger partial charge < -0.3 is 5.32 Å². The van der Waals surface area contributed by atoms with Crippen LogP contribution in [0.4, 0.5) is 5.82 Å². The minimum atomic E-state index is -0.466. The molecule has 0 saturated carbocycles. The molecule has 0 radical (unpaired) electrons. The van der Waals surface area contributed by atoms with Gasteiger partial charge in [0.2, 0.25) is 0 Å². The van der Waals surface area contributed by atoms with Gasteiger partial charge in [-0.15, -0.1) is 0 Å². The average Bonchev–Trinajstić information content (AvgIpc) is 2.35. The normalized spacial score (nSPS) is 10.5. The van der Waals surface area contributed by atoms with E-state index in [2.05, 4.69) is 20.3 Å². The molecular weight excluding hydrogens is 246 g/mol. The molecule has 0 unspecified atom stereocenters. The quantitative estimate of drug-likeness (QED) is 0.813. The number of aromatic amines is 1. The zero-order valence-corrected chi connectivity index (χ0v) is 11.0. The number of hydrogen-bond acceptors (Lipinski definition) is 5. The van der Waals surface area contributed by atoms with Gasteiger partial charge in [-0.2, -0.15) is 0 Å². The maximum atomic E-state index is 11.7. The van der Waals surface area contributed by atoms with Crippen LogP contribution in [0.3, 0.4) is 0 Å². The highest BCUT2D eigenvalue weighted by Crippen LogP contribution is 2.05. The van der Waals surface area contributed by atoms with E-state index >= 15 is 0 Å². The predicted molar refractivity (Wildman–Crippen MR) is 71.5 cm³/mol. The predicted octanol–water partition coefficient (Wildman–Crippen LogP) is 0.0334. The lowest BCUT2D eigenvalue weighted by molar-refractivity contribution is 0.678. The van der Waals surface area contributed by atoms with Gasteiger partial charge in [0.15, 0.2) is 5.82 Å². The van der Waals surface area contributed by atoms with E-state index in [9.17, 15) is 9.59 Å². The molecule has 0 atom stereocenters. The molecule has 0 aliphatic rings. The first-order chi connectivity index (χ1) is 8.99. The third-order valence-corrected chi connectivity index (χ3v) is 2.66. The first kappa shape index (κ1) is 13.0. The third kappa shape index (κ3) is 2.87. The number of aromatic nitrogens is 4. The third-order valence-electron chi connectivity index (χ3n) is 2.66. The van der Waals surface area contributed by atoms with E-state index in [4.69, 9.17) is 0 Å². The molecule has 0 aliphatic carbocycles. The van der Waals surface area contributed by atoms with E-state index in [0.29, 0.717) is 17.2 Å². The fourth-order valence-electron chi connectivity index (χ4n) is 1.72. The standard InChI is InChI=1S/C12H15N5O2/c1-7-5-17(12(19)16-11(7)18)6-10-14-8(2)4-9(13-3)15-10/h4-5H,6H2,1-3H3,(H,13,14,15)(H,16,18,19). The van der Waals surface area contributed by atoms with Crippen molar-refractivity contribution in [3.05, 3.63) is 50.2 Å². The first-order valence-corrected chi connectivity index (χ1v) is 5.82. The molecule has 0 fully saturated rings. The van der Waals surface area contributed by atoms with Gasteiger partial charge in [-0.05, 0) is 13.8 Å². The van der Waals surface area contributed by atoms with E-state index < -0.39 is 5.69 Å². The lowest BCUT2D eigenvalue weighted by Gasteiger charge is -2.07. The molecule has 0 amide bonds. The zero-order chi connectivity index (χ0) is 14.0. The van der Waals surface area contributed by atoms with Crippen LogP contribution in [-0.4, -0.2) is 26.6 Å². The Balaban J connectivity index is 2.41. The van der Waals surface area contributed by atoms with Crippen LogP contribution in [-0.2, 0) is 6.54 Å². The van der Waals surface area contributed by atoms with Gasteiger partial charge in [0.1, 0.15) is 5.82 Å². The summed E-state index contributed by atoms with van der Waals surface area (Å²) in [5.41, 5.74) is 0.443. The van der Waals surface area contributed by atoms with Gasteiger partial charge in [-0.1, -0.05) is 0 Å². The molecule has 2 aromatic heterocycles. The van der Waals surface area contributed by atoms with E-state index in [0.717, 1.165) is 5.69 Å². The summed E-state index contributed by atoms with van der Waals surface area (Å²) in [6, 6.07) is 1.81. The number of rotatable bonds is 3. The van der Waals surface area contributed by atoms with Crippen molar-refractivity contribution >= 4 is 5.82 Å². The molecule has 0 aromatic carbocycles. The molecule has 0 bridgehead atoms. The second kappa shape index (κ2) is 5.05. The maximum absolute atomic E-state index is 11.7. The van der Waals surface area contributed by atoms with Crippen LogP contribution in [0.2, 0.25) is 0 Å². The molecule has 7 nitrogen and oxygen atoms in total. The van der Waals surface area contributed by atoms with Crippen molar-refractivity contribution < 1.29 is 0 Å². The highest BCUT2D eigenvalue weighted by atomic mass is 16.2. The largest absolute Gasteiger partial charge is 0.373 e. The molecule has 2 rings (SSSR count).